The van der Waals surface area contributed by atoms with Gasteiger partial charge < -0.3 is 15.8 Å². The summed E-state index contributed by atoms with van der Waals surface area (Å²) in [5.74, 6) is 0.212. The smallest absolute Gasteiger partial charge is 0.237 e. The summed E-state index contributed by atoms with van der Waals surface area (Å²) in [5, 5.41) is 3.11. The minimum Gasteiger partial charge on any atom is -0.375 e. The van der Waals surface area contributed by atoms with Gasteiger partial charge in [0.1, 0.15) is 0 Å². The molecule has 19 heavy (non-hydrogen) atoms. The Morgan fingerprint density at radius 2 is 2.05 bits per heavy atom. The lowest BCUT2D eigenvalue weighted by atomic mass is 9.85. The lowest BCUT2D eigenvalue weighted by molar-refractivity contribution is -0.128. The zero-order chi connectivity index (χ0) is 14.5. The van der Waals surface area contributed by atoms with Crippen LogP contribution in [0.15, 0.2) is 0 Å². The number of nitrogens with two attached hydrogens (primary N) is 1. The molecule has 1 unspecified atom stereocenters. The molecule has 1 saturated heterocycles. The first kappa shape index (κ1) is 16.4. The highest BCUT2D eigenvalue weighted by Gasteiger charge is 2.35. The number of hydrogen-bond donors (Lipinski definition) is 2. The predicted molar refractivity (Wildman–Crippen MR) is 77.9 cm³/mol. The van der Waals surface area contributed by atoms with Crippen LogP contribution in [0, 0.1) is 5.92 Å². The van der Waals surface area contributed by atoms with E-state index in [1.807, 2.05) is 6.92 Å². The molecular weight excluding hydrogens is 240 g/mol. The van der Waals surface area contributed by atoms with Crippen molar-refractivity contribution in [2.24, 2.45) is 11.7 Å². The summed E-state index contributed by atoms with van der Waals surface area (Å²) in [6.07, 6.45) is 4.70. The second kappa shape index (κ2) is 7.25. The van der Waals surface area contributed by atoms with E-state index < -0.39 is 6.04 Å². The third kappa shape index (κ3) is 4.18. The summed E-state index contributed by atoms with van der Waals surface area (Å²) in [6.45, 7) is 9.12. The zero-order valence-corrected chi connectivity index (χ0v) is 12.9. The minimum atomic E-state index is -0.398. The minimum absolute atomic E-state index is 0.0117. The Bertz CT molecular complexity index is 290. The number of ether oxygens (including phenoxy) is 1. The van der Waals surface area contributed by atoms with Crippen molar-refractivity contribution in [1.29, 1.82) is 0 Å². The summed E-state index contributed by atoms with van der Waals surface area (Å²) in [5.41, 5.74) is 5.92. The van der Waals surface area contributed by atoms with Gasteiger partial charge in [-0.3, -0.25) is 4.79 Å². The van der Waals surface area contributed by atoms with Crippen LogP contribution in [0.5, 0.6) is 0 Å². The Morgan fingerprint density at radius 3 is 2.58 bits per heavy atom. The van der Waals surface area contributed by atoms with Crippen molar-refractivity contribution < 1.29 is 9.53 Å². The highest BCUT2D eigenvalue weighted by atomic mass is 16.5. The van der Waals surface area contributed by atoms with Crippen LogP contribution in [0.3, 0.4) is 0 Å². The van der Waals surface area contributed by atoms with Crippen molar-refractivity contribution >= 4 is 5.91 Å². The average molecular weight is 270 g/mol. The monoisotopic (exact) mass is 270 g/mol. The van der Waals surface area contributed by atoms with Gasteiger partial charge in [-0.25, -0.2) is 0 Å². The van der Waals surface area contributed by atoms with Crippen LogP contribution < -0.4 is 11.1 Å². The summed E-state index contributed by atoms with van der Waals surface area (Å²) in [7, 11) is 0. The van der Waals surface area contributed by atoms with Crippen LogP contribution in [-0.4, -0.2) is 30.2 Å². The maximum absolute atomic E-state index is 12.1. The molecule has 1 rings (SSSR count). The quantitative estimate of drug-likeness (QED) is 0.778. The molecule has 3 N–H and O–H groups in total. The zero-order valence-electron chi connectivity index (χ0n) is 12.9. The number of amides is 1. The second-order valence-electron chi connectivity index (χ2n) is 5.85. The van der Waals surface area contributed by atoms with Crippen molar-refractivity contribution in [2.45, 2.75) is 77.5 Å². The van der Waals surface area contributed by atoms with E-state index in [1.165, 1.54) is 0 Å². The molecule has 0 radical (unpaired) electrons. The standard InChI is InChI=1S/C15H30N2O2/c1-5-11(4)13(16)14(18)17-12-8-9-19-15(6-2,7-3)10-12/h11-13H,5-10,16H2,1-4H3,(H,17,18)/t11-,12?,13-/m0/s1. The molecular formula is C15H30N2O2. The van der Waals surface area contributed by atoms with E-state index in [0.717, 1.165) is 38.7 Å². The summed E-state index contributed by atoms with van der Waals surface area (Å²) >= 11 is 0. The van der Waals surface area contributed by atoms with Gasteiger partial charge >= 0.3 is 0 Å². The highest BCUT2D eigenvalue weighted by Crippen LogP contribution is 2.31. The number of carbonyl (C=O) groups excluding carboxylic acids is 1. The van der Waals surface area contributed by atoms with Gasteiger partial charge in [0, 0.05) is 12.6 Å². The van der Waals surface area contributed by atoms with E-state index in [-0.39, 0.29) is 23.5 Å². The SMILES string of the molecule is CC[C@H](C)[C@H](N)C(=O)NC1CCOC(CC)(CC)C1. The third-order valence-electron chi connectivity index (χ3n) is 4.69. The van der Waals surface area contributed by atoms with E-state index in [1.54, 1.807) is 0 Å². The molecule has 4 heteroatoms. The molecule has 4 nitrogen and oxygen atoms in total. The van der Waals surface area contributed by atoms with Crippen LogP contribution in [0.1, 0.15) is 59.8 Å². The first-order chi connectivity index (χ1) is 8.98. The Kier molecular flexibility index (Phi) is 6.27. The van der Waals surface area contributed by atoms with E-state index in [0.29, 0.717) is 0 Å². The molecule has 0 aromatic rings. The van der Waals surface area contributed by atoms with Crippen LogP contribution in [-0.2, 0) is 9.53 Å². The summed E-state index contributed by atoms with van der Waals surface area (Å²) in [4.78, 5) is 12.1. The fraction of sp³-hybridized carbons (Fsp3) is 0.933. The topological polar surface area (TPSA) is 64.4 Å². The number of carbonyl (C=O) groups is 1. The number of hydrogen-bond acceptors (Lipinski definition) is 3. The lowest BCUT2D eigenvalue weighted by Gasteiger charge is -2.40. The van der Waals surface area contributed by atoms with E-state index in [2.05, 4.69) is 26.1 Å². The number of nitrogens with one attached hydrogen (secondary N) is 1. The predicted octanol–water partition coefficient (Wildman–Crippen LogP) is 2.21. The lowest BCUT2D eigenvalue weighted by Crippen LogP contribution is -2.53. The molecule has 0 aromatic carbocycles. The van der Waals surface area contributed by atoms with Crippen LogP contribution in [0.2, 0.25) is 0 Å². The molecule has 1 fully saturated rings. The van der Waals surface area contributed by atoms with Crippen molar-refractivity contribution in [2.75, 3.05) is 6.61 Å². The van der Waals surface area contributed by atoms with Gasteiger partial charge in [-0.05, 0) is 31.6 Å². The van der Waals surface area contributed by atoms with E-state index >= 15 is 0 Å². The maximum atomic E-state index is 12.1. The summed E-state index contributed by atoms with van der Waals surface area (Å²) in [6, 6.07) is -0.193. The van der Waals surface area contributed by atoms with Crippen molar-refractivity contribution in [3.8, 4) is 0 Å². The molecule has 1 amide bonds. The van der Waals surface area contributed by atoms with Gasteiger partial charge in [0.05, 0.1) is 11.6 Å². The van der Waals surface area contributed by atoms with E-state index in [9.17, 15) is 4.79 Å². The Balaban J connectivity index is 2.55. The van der Waals surface area contributed by atoms with Gasteiger partial charge in [-0.2, -0.15) is 0 Å². The number of rotatable bonds is 6. The molecule has 112 valence electrons. The van der Waals surface area contributed by atoms with Crippen molar-refractivity contribution in [1.82, 2.24) is 5.32 Å². The molecule has 1 aliphatic rings. The molecule has 1 aliphatic heterocycles. The summed E-state index contributed by atoms with van der Waals surface area (Å²) < 4.78 is 5.92. The Hall–Kier alpha value is -0.610. The normalized spacial score (nSPS) is 25.6. The largest absolute Gasteiger partial charge is 0.375 e. The van der Waals surface area contributed by atoms with Gasteiger partial charge in [0.15, 0.2) is 0 Å². The second-order valence-corrected chi connectivity index (χ2v) is 5.85. The first-order valence-electron chi connectivity index (χ1n) is 7.68. The van der Waals surface area contributed by atoms with Crippen molar-refractivity contribution in [3.63, 3.8) is 0 Å². The van der Waals surface area contributed by atoms with Gasteiger partial charge in [-0.15, -0.1) is 0 Å². The molecule has 0 bridgehead atoms. The molecule has 0 aromatic heterocycles. The average Bonchev–Trinajstić information content (AvgIpc) is 2.45. The molecule has 3 atom stereocenters. The maximum Gasteiger partial charge on any atom is 0.237 e. The Labute approximate surface area is 117 Å². The highest BCUT2D eigenvalue weighted by molar-refractivity contribution is 5.82. The Morgan fingerprint density at radius 1 is 1.42 bits per heavy atom. The van der Waals surface area contributed by atoms with Gasteiger partial charge in [-0.1, -0.05) is 34.1 Å². The molecule has 0 saturated carbocycles. The van der Waals surface area contributed by atoms with Crippen LogP contribution in [0.4, 0.5) is 0 Å². The van der Waals surface area contributed by atoms with Crippen LogP contribution in [0.25, 0.3) is 0 Å². The fourth-order valence-corrected chi connectivity index (χ4v) is 2.70. The molecule has 0 spiro atoms. The molecule has 1 heterocycles. The van der Waals surface area contributed by atoms with E-state index in [4.69, 9.17) is 10.5 Å². The van der Waals surface area contributed by atoms with Crippen molar-refractivity contribution in [3.05, 3.63) is 0 Å². The third-order valence-corrected chi connectivity index (χ3v) is 4.69. The first-order valence-corrected chi connectivity index (χ1v) is 7.68. The van der Waals surface area contributed by atoms with Crippen LogP contribution >= 0.6 is 0 Å². The van der Waals surface area contributed by atoms with Gasteiger partial charge in [0.25, 0.3) is 0 Å². The molecule has 0 aliphatic carbocycles. The fourth-order valence-electron chi connectivity index (χ4n) is 2.70. The van der Waals surface area contributed by atoms with Gasteiger partial charge in [0.2, 0.25) is 5.91 Å².